The van der Waals surface area contributed by atoms with Crippen LogP contribution in [0.4, 0.5) is 5.13 Å². The Morgan fingerprint density at radius 1 is 1.24 bits per heavy atom. The Labute approximate surface area is 178 Å². The fourth-order valence-corrected chi connectivity index (χ4v) is 4.40. The minimum absolute atomic E-state index is 0.114. The lowest BCUT2D eigenvalue weighted by Gasteiger charge is -2.17. The molecule has 2 heterocycles. The number of aromatic nitrogens is 4. The first kappa shape index (κ1) is 21.3. The zero-order valence-electron chi connectivity index (χ0n) is 17.2. The van der Waals surface area contributed by atoms with Crippen LogP contribution < -0.4 is 10.1 Å². The lowest BCUT2D eigenvalue weighted by atomic mass is 10.1. The van der Waals surface area contributed by atoms with Gasteiger partial charge < -0.3 is 14.6 Å². The lowest BCUT2D eigenvalue weighted by Crippen LogP contribution is -2.23. The summed E-state index contributed by atoms with van der Waals surface area (Å²) in [4.78, 5) is 16.5. The molecule has 0 aliphatic heterocycles. The van der Waals surface area contributed by atoms with Gasteiger partial charge in [-0.15, -0.1) is 21.5 Å². The van der Waals surface area contributed by atoms with Crippen molar-refractivity contribution in [1.82, 2.24) is 19.7 Å². The summed E-state index contributed by atoms with van der Waals surface area (Å²) >= 11 is 2.77. The summed E-state index contributed by atoms with van der Waals surface area (Å²) in [6, 6.07) is 6.21. The molecule has 1 atom stereocenters. The predicted molar refractivity (Wildman–Crippen MR) is 117 cm³/mol. The Morgan fingerprint density at radius 2 is 1.97 bits per heavy atom. The van der Waals surface area contributed by atoms with E-state index < -0.39 is 0 Å². The van der Waals surface area contributed by atoms with Crippen molar-refractivity contribution in [2.24, 2.45) is 0 Å². The van der Waals surface area contributed by atoms with Gasteiger partial charge >= 0.3 is 0 Å². The van der Waals surface area contributed by atoms with Crippen molar-refractivity contribution in [3.8, 4) is 5.75 Å². The van der Waals surface area contributed by atoms with E-state index in [0.29, 0.717) is 16.9 Å². The maximum Gasteiger partial charge on any atom is 0.239 e. The molecule has 7 nitrogen and oxygen atoms in total. The Balaban J connectivity index is 1.72. The van der Waals surface area contributed by atoms with Gasteiger partial charge in [0.25, 0.3) is 0 Å². The molecule has 9 heteroatoms. The molecule has 0 unspecified atom stereocenters. The van der Waals surface area contributed by atoms with Gasteiger partial charge in [0.1, 0.15) is 12.4 Å². The van der Waals surface area contributed by atoms with Gasteiger partial charge in [0.05, 0.1) is 5.25 Å². The number of nitrogens with zero attached hydrogens (tertiary/aromatic N) is 4. The number of thiazole rings is 1. The van der Waals surface area contributed by atoms with Crippen LogP contribution in [-0.4, -0.2) is 30.9 Å². The quantitative estimate of drug-likeness (QED) is 0.524. The fourth-order valence-electron chi connectivity index (χ4n) is 2.87. The number of rotatable bonds is 8. The number of aryl methyl sites for hydroxylation is 2. The molecule has 0 aliphatic rings. The molecule has 1 aromatic carbocycles. The molecule has 1 amide bonds. The van der Waals surface area contributed by atoms with Crippen molar-refractivity contribution in [3.05, 3.63) is 46.7 Å². The summed E-state index contributed by atoms with van der Waals surface area (Å²) in [7, 11) is 0. The van der Waals surface area contributed by atoms with E-state index in [1.54, 1.807) is 6.20 Å². The number of nitrogens with one attached hydrogen (secondary N) is 1. The zero-order chi connectivity index (χ0) is 21.0. The van der Waals surface area contributed by atoms with Crippen molar-refractivity contribution in [3.63, 3.8) is 0 Å². The fraction of sp³-hybridized carbons (Fsp3) is 0.400. The van der Waals surface area contributed by atoms with Crippen LogP contribution in [0.15, 0.2) is 34.9 Å². The molecule has 0 saturated carbocycles. The number of hydrogen-bond donors (Lipinski definition) is 1. The molecule has 3 rings (SSSR count). The first-order valence-electron chi connectivity index (χ1n) is 9.36. The van der Waals surface area contributed by atoms with Crippen molar-refractivity contribution in [2.75, 3.05) is 5.32 Å². The molecular weight excluding hydrogens is 406 g/mol. The number of thioether (sulfide) groups is 1. The number of ether oxygens (including phenoxy) is 1. The van der Waals surface area contributed by atoms with Gasteiger partial charge in [-0.05, 0) is 45.7 Å². The average molecular weight is 432 g/mol. The highest BCUT2D eigenvalue weighted by Crippen LogP contribution is 2.28. The van der Waals surface area contributed by atoms with E-state index in [4.69, 9.17) is 4.74 Å². The molecule has 0 radical (unpaired) electrons. The van der Waals surface area contributed by atoms with Crippen molar-refractivity contribution < 1.29 is 9.53 Å². The van der Waals surface area contributed by atoms with E-state index in [0.717, 1.165) is 22.7 Å². The molecule has 1 N–H and O–H groups in total. The highest BCUT2D eigenvalue weighted by molar-refractivity contribution is 8.00. The molecule has 0 saturated heterocycles. The van der Waals surface area contributed by atoms with Crippen LogP contribution in [0, 0.1) is 13.8 Å². The lowest BCUT2D eigenvalue weighted by molar-refractivity contribution is -0.115. The smallest absolute Gasteiger partial charge is 0.239 e. The molecule has 154 valence electrons. The summed E-state index contributed by atoms with van der Waals surface area (Å²) in [5, 5.41) is 14.2. The van der Waals surface area contributed by atoms with E-state index in [2.05, 4.69) is 34.3 Å². The van der Waals surface area contributed by atoms with Gasteiger partial charge in [-0.3, -0.25) is 4.79 Å². The molecule has 0 spiro atoms. The third kappa shape index (κ3) is 5.16. The first-order chi connectivity index (χ1) is 13.9. The van der Waals surface area contributed by atoms with Crippen LogP contribution in [0.2, 0.25) is 0 Å². The number of amides is 1. The summed E-state index contributed by atoms with van der Waals surface area (Å²) in [6.45, 7) is 10.3. The number of hydrogen-bond acceptors (Lipinski definition) is 7. The van der Waals surface area contributed by atoms with Gasteiger partial charge in [-0.25, -0.2) is 4.98 Å². The van der Waals surface area contributed by atoms with E-state index in [1.165, 1.54) is 23.1 Å². The van der Waals surface area contributed by atoms with Gasteiger partial charge in [0.15, 0.2) is 16.1 Å². The van der Waals surface area contributed by atoms with E-state index in [1.807, 2.05) is 48.9 Å². The SMILES string of the molecule is Cc1cccc(C)c1OCc1nnc(S[C@H](C)C(=O)Nc2nccs2)n1C(C)C. The minimum atomic E-state index is -0.340. The first-order valence-corrected chi connectivity index (χ1v) is 11.1. The summed E-state index contributed by atoms with van der Waals surface area (Å²) < 4.78 is 8.08. The third-order valence-electron chi connectivity index (χ3n) is 4.32. The number of carbonyl (C=O) groups is 1. The zero-order valence-corrected chi connectivity index (χ0v) is 18.8. The number of para-hydroxylation sites is 1. The highest BCUT2D eigenvalue weighted by Gasteiger charge is 2.22. The van der Waals surface area contributed by atoms with Crippen LogP contribution >= 0.6 is 23.1 Å². The summed E-state index contributed by atoms with van der Waals surface area (Å²) in [6.07, 6.45) is 1.66. The van der Waals surface area contributed by atoms with Crippen molar-refractivity contribution in [2.45, 2.75) is 57.7 Å². The van der Waals surface area contributed by atoms with Crippen LogP contribution in [0.25, 0.3) is 0 Å². The van der Waals surface area contributed by atoms with E-state index in [9.17, 15) is 4.79 Å². The Hall–Kier alpha value is -2.39. The Morgan fingerprint density at radius 3 is 2.59 bits per heavy atom. The highest BCUT2D eigenvalue weighted by atomic mass is 32.2. The largest absolute Gasteiger partial charge is 0.485 e. The molecular formula is C20H25N5O2S2. The predicted octanol–water partition coefficient (Wildman–Crippen LogP) is 4.63. The Kier molecular flexibility index (Phi) is 6.92. The molecule has 0 bridgehead atoms. The van der Waals surface area contributed by atoms with E-state index >= 15 is 0 Å². The maximum atomic E-state index is 12.4. The van der Waals surface area contributed by atoms with Crippen LogP contribution in [-0.2, 0) is 11.4 Å². The third-order valence-corrected chi connectivity index (χ3v) is 6.07. The monoisotopic (exact) mass is 431 g/mol. The number of carbonyl (C=O) groups excluding carboxylic acids is 1. The second kappa shape index (κ2) is 9.41. The van der Waals surface area contributed by atoms with Gasteiger partial charge in [0, 0.05) is 17.6 Å². The molecule has 3 aromatic rings. The summed E-state index contributed by atoms with van der Waals surface area (Å²) in [5.41, 5.74) is 2.17. The van der Waals surface area contributed by atoms with Gasteiger partial charge in [-0.1, -0.05) is 30.0 Å². The van der Waals surface area contributed by atoms with Crippen LogP contribution in [0.3, 0.4) is 0 Å². The molecule has 0 aliphatic carbocycles. The topological polar surface area (TPSA) is 81.9 Å². The summed E-state index contributed by atoms with van der Waals surface area (Å²) in [5.74, 6) is 1.49. The molecule has 0 fully saturated rings. The van der Waals surface area contributed by atoms with Crippen LogP contribution in [0.1, 0.15) is 43.8 Å². The molecule has 29 heavy (non-hydrogen) atoms. The van der Waals surface area contributed by atoms with Gasteiger partial charge in [0.2, 0.25) is 5.91 Å². The Bertz CT molecular complexity index is 949. The van der Waals surface area contributed by atoms with Crippen molar-refractivity contribution in [1.29, 1.82) is 0 Å². The average Bonchev–Trinajstić information content (AvgIpc) is 3.31. The van der Waals surface area contributed by atoms with Crippen LogP contribution in [0.5, 0.6) is 5.75 Å². The molecule has 2 aromatic heterocycles. The standard InChI is InChI=1S/C20H25N5O2S2/c1-12(2)25-16(11-27-17-13(3)7-6-8-14(17)4)23-24-20(25)29-15(5)18(26)22-19-21-9-10-28-19/h6-10,12,15H,11H2,1-5H3,(H,21,22,26)/t15-/m1/s1. The second-order valence-corrected chi connectivity index (χ2v) is 9.16. The number of anilines is 1. The van der Waals surface area contributed by atoms with E-state index in [-0.39, 0.29) is 17.2 Å². The second-order valence-electron chi connectivity index (χ2n) is 6.96. The maximum absolute atomic E-state index is 12.4. The van der Waals surface area contributed by atoms with Crippen molar-refractivity contribution >= 4 is 34.1 Å². The normalized spacial score (nSPS) is 12.2. The van der Waals surface area contributed by atoms with Gasteiger partial charge in [-0.2, -0.15) is 0 Å². The minimum Gasteiger partial charge on any atom is -0.485 e. The number of benzene rings is 1.